The van der Waals surface area contributed by atoms with Crippen molar-refractivity contribution in [2.24, 2.45) is 0 Å². The lowest BCUT2D eigenvalue weighted by Gasteiger charge is -2.27. The summed E-state index contributed by atoms with van der Waals surface area (Å²) in [5.74, 6) is -0.989. The van der Waals surface area contributed by atoms with E-state index in [2.05, 4.69) is 0 Å². The zero-order chi connectivity index (χ0) is 19.0. The number of halogens is 3. The first-order valence-electron chi connectivity index (χ1n) is 8.18. The summed E-state index contributed by atoms with van der Waals surface area (Å²) in [5, 5.41) is 0. The smallest absolute Gasteiger partial charge is 0.411 e. The topological polar surface area (TPSA) is 29.5 Å². The molecule has 0 unspecified atom stereocenters. The van der Waals surface area contributed by atoms with Crippen molar-refractivity contribution >= 4 is 5.97 Å². The minimum absolute atomic E-state index is 0.00144. The molecule has 2 aromatic rings. The molecule has 0 aromatic heterocycles. The van der Waals surface area contributed by atoms with E-state index in [4.69, 9.17) is 4.74 Å². The van der Waals surface area contributed by atoms with Crippen LogP contribution in [0.25, 0.3) is 0 Å². The molecule has 0 spiro atoms. The monoisotopic (exact) mass is 363 g/mol. The summed E-state index contributed by atoms with van der Waals surface area (Å²) in [5.41, 5.74) is 1.08. The Morgan fingerprint density at radius 1 is 0.962 bits per heavy atom. The summed E-state index contributed by atoms with van der Waals surface area (Å²) in [6.45, 7) is 1.85. The van der Waals surface area contributed by atoms with E-state index < -0.39 is 17.8 Å². The lowest BCUT2D eigenvalue weighted by Crippen LogP contribution is -2.30. The fourth-order valence-electron chi connectivity index (χ4n) is 2.47. The molecule has 26 heavy (non-hydrogen) atoms. The number of allylic oxidation sites excluding steroid dienone is 1. The van der Waals surface area contributed by atoms with Crippen LogP contribution in [0.3, 0.4) is 0 Å². The zero-order valence-corrected chi connectivity index (χ0v) is 14.4. The molecule has 0 N–H and O–H groups in total. The summed E-state index contributed by atoms with van der Waals surface area (Å²) in [6.07, 6.45) is -4.62. The van der Waals surface area contributed by atoms with Gasteiger partial charge >= 0.3 is 12.1 Å². The molecule has 0 heterocycles. The maximum absolute atomic E-state index is 13.0. The Morgan fingerprint density at radius 3 is 1.81 bits per heavy atom. The van der Waals surface area contributed by atoms with Crippen molar-refractivity contribution in [1.82, 2.24) is 4.90 Å². The molecule has 0 aliphatic heterocycles. The number of hydrogen-bond acceptors (Lipinski definition) is 3. The van der Waals surface area contributed by atoms with Gasteiger partial charge in [-0.25, -0.2) is 4.79 Å². The molecular weight excluding hydrogens is 343 g/mol. The Labute approximate surface area is 150 Å². The number of alkyl halides is 3. The van der Waals surface area contributed by atoms with Gasteiger partial charge in [-0.05, 0) is 18.1 Å². The first-order chi connectivity index (χ1) is 12.4. The lowest BCUT2D eigenvalue weighted by molar-refractivity contribution is -0.141. The zero-order valence-electron chi connectivity index (χ0n) is 14.4. The van der Waals surface area contributed by atoms with E-state index >= 15 is 0 Å². The van der Waals surface area contributed by atoms with Crippen molar-refractivity contribution in [3.05, 3.63) is 83.6 Å². The highest BCUT2D eigenvalue weighted by Gasteiger charge is 2.30. The maximum Gasteiger partial charge on any atom is 0.411 e. The van der Waals surface area contributed by atoms with Gasteiger partial charge in [-0.3, -0.25) is 0 Å². The molecule has 0 fully saturated rings. The Kier molecular flexibility index (Phi) is 6.83. The second kappa shape index (κ2) is 9.08. The van der Waals surface area contributed by atoms with Gasteiger partial charge in [0, 0.05) is 19.2 Å². The molecule has 0 atom stereocenters. The van der Waals surface area contributed by atoms with E-state index in [-0.39, 0.29) is 25.8 Å². The molecule has 0 aliphatic carbocycles. The summed E-state index contributed by atoms with van der Waals surface area (Å²) in [4.78, 5) is 13.6. The van der Waals surface area contributed by atoms with Crippen LogP contribution in [0.4, 0.5) is 13.2 Å². The van der Waals surface area contributed by atoms with E-state index in [0.717, 1.165) is 11.1 Å². The molecular formula is C20H20F3NO2. The summed E-state index contributed by atoms with van der Waals surface area (Å²) >= 11 is 0. The van der Waals surface area contributed by atoms with Crippen molar-refractivity contribution in [2.45, 2.75) is 26.2 Å². The lowest BCUT2D eigenvalue weighted by atomic mass is 10.1. The van der Waals surface area contributed by atoms with Crippen LogP contribution in [0.15, 0.2) is 72.4 Å². The summed E-state index contributed by atoms with van der Waals surface area (Å²) < 4.78 is 44.0. The van der Waals surface area contributed by atoms with Crippen LogP contribution >= 0.6 is 0 Å². The molecule has 6 heteroatoms. The molecule has 0 radical (unpaired) electrons. The fourth-order valence-corrected chi connectivity index (χ4v) is 2.47. The maximum atomic E-state index is 13.0. The average Bonchev–Trinajstić information content (AvgIpc) is 2.60. The third-order valence-electron chi connectivity index (χ3n) is 3.56. The SMILES string of the molecule is CCOC(=O)C(=CC(F)(F)F)N(Cc1ccccc1)Cc1ccccc1. The van der Waals surface area contributed by atoms with Gasteiger partial charge in [0.05, 0.1) is 6.61 Å². The molecule has 0 saturated heterocycles. The van der Waals surface area contributed by atoms with Crippen LogP contribution in [-0.4, -0.2) is 23.7 Å². The van der Waals surface area contributed by atoms with E-state index in [1.54, 1.807) is 55.5 Å². The molecule has 2 rings (SSSR count). The molecule has 0 amide bonds. The highest BCUT2D eigenvalue weighted by molar-refractivity contribution is 5.87. The van der Waals surface area contributed by atoms with E-state index in [9.17, 15) is 18.0 Å². The standard InChI is InChI=1S/C20H20F3NO2/c1-2-26-19(25)18(13-20(21,22)23)24(14-16-9-5-3-6-10-16)15-17-11-7-4-8-12-17/h3-13H,2,14-15H2,1H3. The third kappa shape index (κ3) is 6.27. The molecule has 2 aromatic carbocycles. The van der Waals surface area contributed by atoms with Crippen LogP contribution in [0.2, 0.25) is 0 Å². The molecule has 0 bridgehead atoms. The van der Waals surface area contributed by atoms with Gasteiger partial charge in [-0.15, -0.1) is 0 Å². The van der Waals surface area contributed by atoms with Crippen molar-refractivity contribution in [2.75, 3.05) is 6.61 Å². The first kappa shape index (κ1) is 19.6. The number of carbonyl (C=O) groups is 1. The minimum atomic E-state index is -4.63. The quantitative estimate of drug-likeness (QED) is 0.528. The van der Waals surface area contributed by atoms with Crippen LogP contribution in [0.5, 0.6) is 0 Å². The van der Waals surface area contributed by atoms with Crippen LogP contribution < -0.4 is 0 Å². The van der Waals surface area contributed by atoms with Gasteiger partial charge in [-0.2, -0.15) is 13.2 Å². The number of ether oxygens (including phenoxy) is 1. The number of carbonyl (C=O) groups excluding carboxylic acids is 1. The predicted octanol–water partition coefficient (Wildman–Crippen LogP) is 4.70. The average molecular weight is 363 g/mol. The van der Waals surface area contributed by atoms with Gasteiger partial charge < -0.3 is 9.64 Å². The Morgan fingerprint density at radius 2 is 1.42 bits per heavy atom. The minimum Gasteiger partial charge on any atom is -0.461 e. The normalized spacial score (nSPS) is 11.9. The number of rotatable bonds is 7. The number of benzene rings is 2. The molecule has 0 aliphatic rings. The van der Waals surface area contributed by atoms with E-state index in [1.807, 2.05) is 12.1 Å². The van der Waals surface area contributed by atoms with Crippen molar-refractivity contribution < 1.29 is 22.7 Å². The van der Waals surface area contributed by atoms with E-state index in [0.29, 0.717) is 0 Å². The number of esters is 1. The van der Waals surface area contributed by atoms with Gasteiger partial charge in [0.1, 0.15) is 5.70 Å². The second-order valence-electron chi connectivity index (χ2n) is 5.62. The highest BCUT2D eigenvalue weighted by Crippen LogP contribution is 2.24. The molecule has 0 saturated carbocycles. The Hall–Kier alpha value is -2.76. The van der Waals surface area contributed by atoms with Crippen molar-refractivity contribution in [1.29, 1.82) is 0 Å². The van der Waals surface area contributed by atoms with E-state index in [1.165, 1.54) is 4.90 Å². The largest absolute Gasteiger partial charge is 0.461 e. The first-order valence-corrected chi connectivity index (χ1v) is 8.18. The Balaban J connectivity index is 2.40. The second-order valence-corrected chi connectivity index (χ2v) is 5.62. The van der Waals surface area contributed by atoms with Crippen LogP contribution in [0.1, 0.15) is 18.1 Å². The number of nitrogens with zero attached hydrogens (tertiary/aromatic N) is 1. The summed E-state index contributed by atoms with van der Waals surface area (Å²) in [6, 6.07) is 18.0. The predicted molar refractivity (Wildman–Crippen MR) is 92.9 cm³/mol. The fraction of sp³-hybridized carbons (Fsp3) is 0.250. The van der Waals surface area contributed by atoms with Crippen LogP contribution in [0, 0.1) is 0 Å². The molecule has 138 valence electrons. The number of hydrogen-bond donors (Lipinski definition) is 0. The van der Waals surface area contributed by atoms with Gasteiger partial charge in [0.2, 0.25) is 0 Å². The van der Waals surface area contributed by atoms with Crippen LogP contribution in [-0.2, 0) is 22.6 Å². The van der Waals surface area contributed by atoms with Crippen molar-refractivity contribution in [3.8, 4) is 0 Å². The van der Waals surface area contributed by atoms with Crippen molar-refractivity contribution in [3.63, 3.8) is 0 Å². The Bertz CT molecular complexity index is 686. The van der Waals surface area contributed by atoms with Gasteiger partial charge in [-0.1, -0.05) is 60.7 Å². The van der Waals surface area contributed by atoms with Gasteiger partial charge in [0.15, 0.2) is 0 Å². The third-order valence-corrected chi connectivity index (χ3v) is 3.56. The summed E-state index contributed by atoms with van der Waals surface area (Å²) in [7, 11) is 0. The highest BCUT2D eigenvalue weighted by atomic mass is 19.4. The van der Waals surface area contributed by atoms with Gasteiger partial charge in [0.25, 0.3) is 0 Å². The molecule has 3 nitrogen and oxygen atoms in total.